The van der Waals surface area contributed by atoms with Crippen molar-refractivity contribution < 1.29 is 13.6 Å². The zero-order valence-corrected chi connectivity index (χ0v) is 16.6. The molecule has 1 aromatic rings. The lowest BCUT2D eigenvalue weighted by Crippen LogP contribution is -2.48. The molecular weight excluding hydrogens is 380 g/mol. The summed E-state index contributed by atoms with van der Waals surface area (Å²) in [4.78, 5) is 20.5. The molecule has 1 amide bonds. The van der Waals surface area contributed by atoms with Gasteiger partial charge in [0.15, 0.2) is 5.17 Å². The Bertz CT molecular complexity index is 662. The summed E-state index contributed by atoms with van der Waals surface area (Å²) in [7, 11) is 1.89. The highest BCUT2D eigenvalue weighted by atomic mass is 35.5. The predicted molar refractivity (Wildman–Crippen MR) is 105 cm³/mol. The van der Waals surface area contributed by atoms with E-state index in [0.29, 0.717) is 11.8 Å². The van der Waals surface area contributed by atoms with Crippen LogP contribution < -0.4 is 4.90 Å². The Labute approximate surface area is 163 Å². The average molecular weight is 404 g/mol. The van der Waals surface area contributed by atoms with E-state index in [-0.39, 0.29) is 30.2 Å². The van der Waals surface area contributed by atoms with Gasteiger partial charge in [-0.15, -0.1) is 12.4 Å². The van der Waals surface area contributed by atoms with Gasteiger partial charge in [-0.25, -0.2) is 8.78 Å². The van der Waals surface area contributed by atoms with Gasteiger partial charge in [-0.05, 0) is 25.0 Å². The molecule has 1 aromatic carbocycles. The summed E-state index contributed by atoms with van der Waals surface area (Å²) in [5.41, 5.74) is 0.237. The Morgan fingerprint density at radius 3 is 2.38 bits per heavy atom. The van der Waals surface area contributed by atoms with Crippen LogP contribution in [-0.4, -0.2) is 41.0 Å². The van der Waals surface area contributed by atoms with Crippen LogP contribution in [-0.2, 0) is 4.79 Å². The fourth-order valence-corrected chi connectivity index (χ4v) is 4.69. The molecule has 2 fully saturated rings. The third-order valence-electron chi connectivity index (χ3n) is 4.74. The van der Waals surface area contributed by atoms with E-state index in [2.05, 4.69) is 0 Å². The predicted octanol–water partition coefficient (Wildman–Crippen LogP) is 4.43. The number of benzene rings is 1. The highest BCUT2D eigenvalue weighted by Gasteiger charge is 2.35. The summed E-state index contributed by atoms with van der Waals surface area (Å²) in [5.74, 6) is -1.00. The number of carbonyl (C=O) groups excluding carboxylic acids is 1. The van der Waals surface area contributed by atoms with E-state index in [1.165, 1.54) is 43.2 Å². The molecular formula is C18H24ClF2N3OS. The number of amides is 1. The zero-order valence-electron chi connectivity index (χ0n) is 15.0. The van der Waals surface area contributed by atoms with Crippen LogP contribution in [0.25, 0.3) is 0 Å². The molecule has 1 aliphatic heterocycles. The third-order valence-corrected chi connectivity index (χ3v) is 5.86. The van der Waals surface area contributed by atoms with Gasteiger partial charge in [-0.1, -0.05) is 31.0 Å². The first-order chi connectivity index (χ1) is 12.0. The Morgan fingerprint density at radius 2 is 1.81 bits per heavy atom. The lowest BCUT2D eigenvalue weighted by Gasteiger charge is -2.33. The van der Waals surface area contributed by atoms with E-state index in [1.54, 1.807) is 11.8 Å². The van der Waals surface area contributed by atoms with E-state index >= 15 is 0 Å². The largest absolute Gasteiger partial charge is 0.333 e. The molecule has 1 saturated carbocycles. The first-order valence-electron chi connectivity index (χ1n) is 8.65. The molecule has 1 aliphatic carbocycles. The molecule has 1 heterocycles. The number of thioether (sulfide) groups is 1. The van der Waals surface area contributed by atoms with Gasteiger partial charge in [0.2, 0.25) is 5.91 Å². The number of amidine groups is 1. The second-order valence-corrected chi connectivity index (χ2v) is 7.61. The summed E-state index contributed by atoms with van der Waals surface area (Å²) in [6, 6.07) is 3.54. The maximum atomic E-state index is 13.6. The maximum absolute atomic E-state index is 13.6. The van der Waals surface area contributed by atoms with E-state index in [9.17, 15) is 13.6 Å². The van der Waals surface area contributed by atoms with Crippen molar-refractivity contribution in [2.24, 2.45) is 4.99 Å². The lowest BCUT2D eigenvalue weighted by atomic mass is 9.96. The van der Waals surface area contributed by atoms with Crippen LogP contribution in [0, 0.1) is 11.6 Å². The number of carbonyl (C=O) groups is 1. The molecule has 4 nitrogen and oxygen atoms in total. The van der Waals surface area contributed by atoms with Crippen LogP contribution in [0.5, 0.6) is 0 Å². The quantitative estimate of drug-likeness (QED) is 0.748. The van der Waals surface area contributed by atoms with Crippen LogP contribution in [0.15, 0.2) is 23.2 Å². The smallest absolute Gasteiger partial charge is 0.225 e. The molecule has 0 aromatic heterocycles. The van der Waals surface area contributed by atoms with Crippen molar-refractivity contribution in [2.75, 3.05) is 17.7 Å². The first-order valence-corrected chi connectivity index (χ1v) is 9.63. The van der Waals surface area contributed by atoms with Crippen LogP contribution in [0.3, 0.4) is 0 Å². The van der Waals surface area contributed by atoms with Crippen molar-refractivity contribution in [3.05, 3.63) is 29.8 Å². The maximum Gasteiger partial charge on any atom is 0.225 e. The zero-order chi connectivity index (χ0) is 18.0. The van der Waals surface area contributed by atoms with Gasteiger partial charge in [-0.3, -0.25) is 14.7 Å². The molecule has 0 radical (unpaired) electrons. The molecule has 0 bridgehead atoms. The molecule has 1 unspecified atom stereocenters. The van der Waals surface area contributed by atoms with Gasteiger partial charge < -0.3 is 4.90 Å². The van der Waals surface area contributed by atoms with E-state index < -0.39 is 11.6 Å². The fourth-order valence-electron chi connectivity index (χ4n) is 3.47. The molecule has 3 rings (SSSR count). The monoisotopic (exact) mass is 403 g/mol. The summed E-state index contributed by atoms with van der Waals surface area (Å²) < 4.78 is 27.2. The number of hydrogen-bond acceptors (Lipinski definition) is 3. The van der Waals surface area contributed by atoms with Crippen molar-refractivity contribution in [2.45, 2.75) is 51.2 Å². The minimum atomic E-state index is -0.689. The molecule has 144 valence electrons. The van der Waals surface area contributed by atoms with Gasteiger partial charge in [0, 0.05) is 25.8 Å². The van der Waals surface area contributed by atoms with Gasteiger partial charge in [0.05, 0.1) is 11.7 Å². The van der Waals surface area contributed by atoms with Crippen molar-refractivity contribution in [1.29, 1.82) is 0 Å². The molecule has 8 heteroatoms. The normalized spacial score (nSPS) is 22.4. The van der Waals surface area contributed by atoms with Gasteiger partial charge in [0.1, 0.15) is 17.8 Å². The second-order valence-electron chi connectivity index (χ2n) is 6.62. The lowest BCUT2D eigenvalue weighted by molar-refractivity contribution is -0.117. The summed E-state index contributed by atoms with van der Waals surface area (Å²) in [5, 5.41) is 0.903. The van der Waals surface area contributed by atoms with Crippen LogP contribution in [0.2, 0.25) is 0 Å². The van der Waals surface area contributed by atoms with Crippen molar-refractivity contribution in [1.82, 2.24) is 4.90 Å². The molecule has 26 heavy (non-hydrogen) atoms. The SMILES string of the molecule is CC(=O)N(c1cc(F)cc(F)c1)C1CSC(=NC2CCCCC2)N1C.Cl. The minimum absolute atomic E-state index is 0. The Kier molecular flexibility index (Phi) is 7.29. The fraction of sp³-hybridized carbons (Fsp3) is 0.556. The topological polar surface area (TPSA) is 35.9 Å². The highest BCUT2D eigenvalue weighted by Crippen LogP contribution is 2.31. The van der Waals surface area contributed by atoms with Crippen LogP contribution in [0.1, 0.15) is 39.0 Å². The van der Waals surface area contributed by atoms with E-state index in [0.717, 1.165) is 24.1 Å². The van der Waals surface area contributed by atoms with Crippen molar-refractivity contribution in [3.63, 3.8) is 0 Å². The van der Waals surface area contributed by atoms with Crippen molar-refractivity contribution in [3.8, 4) is 0 Å². The number of halogens is 3. The number of nitrogens with zero attached hydrogens (tertiary/aromatic N) is 3. The van der Waals surface area contributed by atoms with Crippen molar-refractivity contribution >= 4 is 40.9 Å². The second kappa shape index (κ2) is 9.04. The van der Waals surface area contributed by atoms with E-state index in [4.69, 9.17) is 4.99 Å². The summed E-state index contributed by atoms with van der Waals surface area (Å²) in [6.07, 6.45) is 5.60. The number of hydrogen-bond donors (Lipinski definition) is 0. The highest BCUT2D eigenvalue weighted by molar-refractivity contribution is 8.14. The van der Waals surface area contributed by atoms with Gasteiger partial charge in [0.25, 0.3) is 0 Å². The van der Waals surface area contributed by atoms with E-state index in [1.807, 2.05) is 11.9 Å². The number of rotatable bonds is 3. The summed E-state index contributed by atoms with van der Waals surface area (Å²) in [6.45, 7) is 1.41. The molecule has 0 N–H and O–H groups in total. The average Bonchev–Trinajstić information content (AvgIpc) is 2.89. The minimum Gasteiger partial charge on any atom is -0.333 e. The number of aliphatic imine (C=N–C) groups is 1. The van der Waals surface area contributed by atoms with Gasteiger partial charge >= 0.3 is 0 Å². The first kappa shape index (κ1) is 21.0. The standard InChI is InChI=1S/C18H23F2N3OS.ClH/c1-12(24)23(16-9-13(19)8-14(20)10-16)17-11-25-18(22(17)2)21-15-6-4-3-5-7-15;/h8-10,15,17H,3-7,11H2,1-2H3;1H. The number of anilines is 1. The van der Waals surface area contributed by atoms with Crippen LogP contribution >= 0.6 is 24.2 Å². The molecule has 1 atom stereocenters. The molecule has 1 saturated heterocycles. The third kappa shape index (κ3) is 4.68. The molecule has 2 aliphatic rings. The Morgan fingerprint density at radius 1 is 1.19 bits per heavy atom. The van der Waals surface area contributed by atoms with Crippen LogP contribution in [0.4, 0.5) is 14.5 Å². The Hall–Kier alpha value is -1.34. The summed E-state index contributed by atoms with van der Waals surface area (Å²) >= 11 is 1.60. The van der Waals surface area contributed by atoms with Gasteiger partial charge in [-0.2, -0.15) is 0 Å². The Balaban J connectivity index is 0.00000243. The molecule has 0 spiro atoms.